The molecule has 0 aliphatic heterocycles. The van der Waals surface area contributed by atoms with E-state index >= 15 is 0 Å². The zero-order chi connectivity index (χ0) is 8.97. The van der Waals surface area contributed by atoms with E-state index in [1.54, 1.807) is 28.6 Å². The van der Waals surface area contributed by atoms with Crippen molar-refractivity contribution in [1.82, 2.24) is 14.5 Å². The number of rotatable bonds is 4. The number of nitrogens with zero attached hydrogens (tertiary/aromatic N) is 2. The fraction of sp³-hybridized carbons (Fsp3) is 0.625. The Morgan fingerprint density at radius 2 is 2.25 bits per heavy atom. The van der Waals surface area contributed by atoms with Gasteiger partial charge >= 0.3 is 5.69 Å². The van der Waals surface area contributed by atoms with E-state index < -0.39 is 0 Å². The molecule has 0 aliphatic carbocycles. The number of imidazole rings is 1. The lowest BCUT2D eigenvalue weighted by Crippen LogP contribution is -2.27. The first-order chi connectivity index (χ1) is 5.75. The average molecular weight is 169 g/mol. The van der Waals surface area contributed by atoms with E-state index in [2.05, 4.69) is 5.32 Å². The predicted octanol–water partition coefficient (Wildman–Crippen LogP) is -0.204. The van der Waals surface area contributed by atoms with E-state index in [4.69, 9.17) is 0 Å². The van der Waals surface area contributed by atoms with E-state index in [1.165, 1.54) is 0 Å². The zero-order valence-corrected chi connectivity index (χ0v) is 7.58. The summed E-state index contributed by atoms with van der Waals surface area (Å²) in [6.07, 6.45) is 3.58. The highest BCUT2D eigenvalue weighted by molar-refractivity contribution is 4.79. The van der Waals surface area contributed by atoms with Crippen LogP contribution < -0.4 is 11.0 Å². The molecule has 0 saturated carbocycles. The first-order valence-corrected chi connectivity index (χ1v) is 4.18. The van der Waals surface area contributed by atoms with Gasteiger partial charge < -0.3 is 9.88 Å². The smallest absolute Gasteiger partial charge is 0.315 e. The van der Waals surface area contributed by atoms with Crippen LogP contribution in [0.2, 0.25) is 0 Å². The van der Waals surface area contributed by atoms with Gasteiger partial charge in [0.1, 0.15) is 0 Å². The Hall–Kier alpha value is -1.03. The molecule has 0 aromatic carbocycles. The molecule has 4 nitrogen and oxygen atoms in total. The molecule has 0 amide bonds. The number of hydrogen-bond donors (Lipinski definition) is 1. The minimum atomic E-state index is 0.0490. The predicted molar refractivity (Wildman–Crippen MR) is 48.2 cm³/mol. The van der Waals surface area contributed by atoms with Gasteiger partial charge in [-0.25, -0.2) is 4.79 Å². The summed E-state index contributed by atoms with van der Waals surface area (Å²) in [4.78, 5) is 11.3. The number of aryl methyl sites for hydroxylation is 1. The molecule has 0 aliphatic rings. The molecule has 1 heterocycles. The Balaban J connectivity index is 2.52. The molecule has 1 aromatic rings. The monoisotopic (exact) mass is 169 g/mol. The normalized spacial score (nSPS) is 10.5. The van der Waals surface area contributed by atoms with Crippen LogP contribution in [0.15, 0.2) is 17.2 Å². The molecule has 4 heteroatoms. The van der Waals surface area contributed by atoms with Crippen LogP contribution in [0, 0.1) is 0 Å². The lowest BCUT2D eigenvalue weighted by atomic mass is 10.6. The van der Waals surface area contributed by atoms with Crippen LogP contribution in [0.5, 0.6) is 0 Å². The van der Waals surface area contributed by atoms with E-state index in [-0.39, 0.29) is 5.69 Å². The third-order valence-corrected chi connectivity index (χ3v) is 1.80. The molecule has 0 atom stereocenters. The number of aromatic nitrogens is 2. The second kappa shape index (κ2) is 4.11. The summed E-state index contributed by atoms with van der Waals surface area (Å²) < 4.78 is 3.27. The quantitative estimate of drug-likeness (QED) is 0.634. The molecular weight excluding hydrogens is 154 g/mol. The minimum absolute atomic E-state index is 0.0490. The Morgan fingerprint density at radius 1 is 1.50 bits per heavy atom. The summed E-state index contributed by atoms with van der Waals surface area (Å²) >= 11 is 0. The highest BCUT2D eigenvalue weighted by atomic mass is 16.1. The van der Waals surface area contributed by atoms with Gasteiger partial charge in [-0.05, 0) is 6.54 Å². The van der Waals surface area contributed by atoms with Crippen molar-refractivity contribution in [3.8, 4) is 0 Å². The van der Waals surface area contributed by atoms with E-state index in [0.717, 1.165) is 19.6 Å². The van der Waals surface area contributed by atoms with Crippen molar-refractivity contribution in [2.45, 2.75) is 13.5 Å². The van der Waals surface area contributed by atoms with Crippen LogP contribution in [-0.2, 0) is 13.6 Å². The van der Waals surface area contributed by atoms with Gasteiger partial charge in [-0.2, -0.15) is 0 Å². The molecule has 0 unspecified atom stereocenters. The largest absolute Gasteiger partial charge is 0.327 e. The molecule has 1 N–H and O–H groups in total. The third kappa shape index (κ3) is 1.98. The van der Waals surface area contributed by atoms with Gasteiger partial charge in [0.25, 0.3) is 0 Å². The minimum Gasteiger partial charge on any atom is -0.315 e. The maximum atomic E-state index is 11.3. The second-order valence-electron chi connectivity index (χ2n) is 2.74. The van der Waals surface area contributed by atoms with Gasteiger partial charge in [0.2, 0.25) is 0 Å². The summed E-state index contributed by atoms with van der Waals surface area (Å²) in [6, 6.07) is 0. The molecule has 0 radical (unpaired) electrons. The van der Waals surface area contributed by atoms with Gasteiger partial charge in [0.15, 0.2) is 0 Å². The third-order valence-electron chi connectivity index (χ3n) is 1.80. The fourth-order valence-electron chi connectivity index (χ4n) is 1.06. The summed E-state index contributed by atoms with van der Waals surface area (Å²) in [6.45, 7) is 4.59. The molecule has 0 saturated heterocycles. The highest BCUT2D eigenvalue weighted by Crippen LogP contribution is 1.80. The van der Waals surface area contributed by atoms with E-state index in [1.807, 2.05) is 6.92 Å². The van der Waals surface area contributed by atoms with Gasteiger partial charge in [-0.3, -0.25) is 4.57 Å². The Bertz CT molecular complexity index is 287. The van der Waals surface area contributed by atoms with Crippen molar-refractivity contribution in [1.29, 1.82) is 0 Å². The lowest BCUT2D eigenvalue weighted by molar-refractivity contribution is 0.591. The molecule has 68 valence electrons. The Morgan fingerprint density at radius 3 is 2.75 bits per heavy atom. The second-order valence-corrected chi connectivity index (χ2v) is 2.74. The molecule has 1 aromatic heterocycles. The van der Waals surface area contributed by atoms with Crippen LogP contribution in [0.1, 0.15) is 6.92 Å². The van der Waals surface area contributed by atoms with Crippen LogP contribution in [0.4, 0.5) is 0 Å². The van der Waals surface area contributed by atoms with Crippen molar-refractivity contribution in [2.24, 2.45) is 7.05 Å². The number of hydrogen-bond acceptors (Lipinski definition) is 2. The lowest BCUT2D eigenvalue weighted by Gasteiger charge is -2.00. The summed E-state index contributed by atoms with van der Waals surface area (Å²) in [5, 5.41) is 3.16. The van der Waals surface area contributed by atoms with Crippen molar-refractivity contribution in [3.05, 3.63) is 22.9 Å². The van der Waals surface area contributed by atoms with Gasteiger partial charge in [-0.15, -0.1) is 0 Å². The average Bonchev–Trinajstić information content (AvgIpc) is 2.36. The molecule has 0 bridgehead atoms. The maximum absolute atomic E-state index is 11.3. The zero-order valence-electron chi connectivity index (χ0n) is 7.58. The molecule has 1 rings (SSSR count). The molecular formula is C8H15N3O. The fourth-order valence-corrected chi connectivity index (χ4v) is 1.06. The molecule has 12 heavy (non-hydrogen) atoms. The molecule has 0 spiro atoms. The Labute approximate surface area is 71.8 Å². The number of nitrogens with one attached hydrogen (secondary N) is 1. The first kappa shape index (κ1) is 9.06. The summed E-state index contributed by atoms with van der Waals surface area (Å²) in [5.41, 5.74) is 0.0490. The topological polar surface area (TPSA) is 39.0 Å². The van der Waals surface area contributed by atoms with Crippen LogP contribution in [0.3, 0.4) is 0 Å². The van der Waals surface area contributed by atoms with Crippen molar-refractivity contribution < 1.29 is 0 Å². The van der Waals surface area contributed by atoms with Crippen LogP contribution >= 0.6 is 0 Å². The van der Waals surface area contributed by atoms with Gasteiger partial charge in [0.05, 0.1) is 0 Å². The first-order valence-electron chi connectivity index (χ1n) is 4.18. The van der Waals surface area contributed by atoms with Gasteiger partial charge in [-0.1, -0.05) is 6.92 Å². The molecule has 0 fully saturated rings. The van der Waals surface area contributed by atoms with Crippen molar-refractivity contribution in [2.75, 3.05) is 13.1 Å². The highest BCUT2D eigenvalue weighted by Gasteiger charge is 1.96. The van der Waals surface area contributed by atoms with E-state index in [0.29, 0.717) is 0 Å². The number of likely N-dealkylation sites (N-methyl/N-ethyl adjacent to an activating group) is 1. The SMILES string of the molecule is CCNCCn1ccn(C)c1=O. The van der Waals surface area contributed by atoms with Crippen molar-refractivity contribution >= 4 is 0 Å². The maximum Gasteiger partial charge on any atom is 0.327 e. The van der Waals surface area contributed by atoms with Crippen LogP contribution in [0.25, 0.3) is 0 Å². The van der Waals surface area contributed by atoms with Crippen LogP contribution in [-0.4, -0.2) is 22.2 Å². The van der Waals surface area contributed by atoms with Gasteiger partial charge in [0, 0.05) is 32.5 Å². The van der Waals surface area contributed by atoms with Crippen molar-refractivity contribution in [3.63, 3.8) is 0 Å². The van der Waals surface area contributed by atoms with E-state index in [9.17, 15) is 4.79 Å². The Kier molecular flexibility index (Phi) is 3.10. The standard InChI is InChI=1S/C8H15N3O/c1-3-9-4-5-11-7-6-10(2)8(11)12/h6-7,9H,3-5H2,1-2H3. The summed E-state index contributed by atoms with van der Waals surface area (Å²) in [7, 11) is 1.76. The summed E-state index contributed by atoms with van der Waals surface area (Å²) in [5.74, 6) is 0.